The highest BCUT2D eigenvalue weighted by Gasteiger charge is 2.38. The minimum atomic E-state index is -4.92. The van der Waals surface area contributed by atoms with Gasteiger partial charge < -0.3 is 16.0 Å². The summed E-state index contributed by atoms with van der Waals surface area (Å²) in [6, 6.07) is 6.10. The van der Waals surface area contributed by atoms with Crippen molar-refractivity contribution in [3.05, 3.63) is 73.9 Å². The summed E-state index contributed by atoms with van der Waals surface area (Å²) in [5, 5.41) is 12.7. The van der Waals surface area contributed by atoms with E-state index in [9.17, 15) is 23.2 Å². The Hall–Kier alpha value is -3.49. The number of benzene rings is 1. The fourth-order valence-electron chi connectivity index (χ4n) is 4.38. The van der Waals surface area contributed by atoms with Crippen molar-refractivity contribution in [1.82, 2.24) is 10.2 Å². The van der Waals surface area contributed by atoms with Crippen molar-refractivity contribution in [2.75, 3.05) is 20.1 Å². The van der Waals surface area contributed by atoms with Gasteiger partial charge >= 0.3 is 6.18 Å². The van der Waals surface area contributed by atoms with E-state index in [1.54, 1.807) is 31.9 Å². The van der Waals surface area contributed by atoms with Crippen molar-refractivity contribution in [1.29, 1.82) is 5.26 Å². The number of halogens is 4. The smallest absolute Gasteiger partial charge is 0.394 e. The molecule has 0 saturated carbocycles. The molecule has 2 atom stereocenters. The lowest BCUT2D eigenvalue weighted by atomic mass is 9.81. The summed E-state index contributed by atoms with van der Waals surface area (Å²) in [7, 11) is 1.76. The molecule has 1 aromatic heterocycles. The summed E-state index contributed by atoms with van der Waals surface area (Å²) < 4.78 is 56.7. The number of likely N-dealkylation sites (N-methyl/N-ethyl adjacent to an activating group) is 1. The zero-order valence-electron chi connectivity index (χ0n) is 21.5. The van der Waals surface area contributed by atoms with Gasteiger partial charge in [0.2, 0.25) is 5.91 Å². The molecule has 202 valence electrons. The number of aliphatic imine (C=N–C) groups is 1. The van der Waals surface area contributed by atoms with Crippen molar-refractivity contribution < 1.29 is 22.4 Å². The SMILES string of the molecule is CCN=C/C(=C(\N)C(F)(F)F)c1c(F)cccc1[C@@H]1CN(C(=O)/C=C/[C@@H](C)NC)Cc2sc(C#N)c(C)c21. The molecule has 1 aliphatic rings. The number of nitrogens with one attached hydrogen (secondary N) is 1. The molecule has 0 radical (unpaired) electrons. The first-order chi connectivity index (χ1) is 17.9. The Kier molecular flexibility index (Phi) is 9.12. The van der Waals surface area contributed by atoms with Gasteiger partial charge in [0.05, 0.1) is 6.54 Å². The fourth-order valence-corrected chi connectivity index (χ4v) is 5.57. The van der Waals surface area contributed by atoms with Gasteiger partial charge in [-0.1, -0.05) is 18.2 Å². The normalized spacial score (nSPS) is 17.4. The Morgan fingerprint density at radius 1 is 1.42 bits per heavy atom. The molecule has 1 amide bonds. The Morgan fingerprint density at radius 2 is 2.13 bits per heavy atom. The highest BCUT2D eigenvalue weighted by Crippen LogP contribution is 2.44. The molecule has 2 heterocycles. The van der Waals surface area contributed by atoms with Crippen molar-refractivity contribution in [3.8, 4) is 6.07 Å². The van der Waals surface area contributed by atoms with Crippen LogP contribution in [-0.4, -0.2) is 49.4 Å². The van der Waals surface area contributed by atoms with Gasteiger partial charge in [-0.2, -0.15) is 18.4 Å². The zero-order valence-corrected chi connectivity index (χ0v) is 22.3. The van der Waals surface area contributed by atoms with Gasteiger partial charge in [0.1, 0.15) is 22.5 Å². The van der Waals surface area contributed by atoms with E-state index in [1.807, 2.05) is 6.92 Å². The summed E-state index contributed by atoms with van der Waals surface area (Å²) >= 11 is 1.23. The number of hydrogen-bond donors (Lipinski definition) is 2. The second kappa shape index (κ2) is 11.9. The summed E-state index contributed by atoms with van der Waals surface area (Å²) in [6.07, 6.45) is -0.842. The lowest BCUT2D eigenvalue weighted by molar-refractivity contribution is -0.127. The molecule has 2 aromatic rings. The molecule has 6 nitrogen and oxygen atoms in total. The molecule has 0 unspecified atom stereocenters. The third-order valence-electron chi connectivity index (χ3n) is 6.44. The molecule has 1 aromatic carbocycles. The van der Waals surface area contributed by atoms with Crippen LogP contribution in [0.15, 0.2) is 41.0 Å². The van der Waals surface area contributed by atoms with Gasteiger partial charge in [-0.3, -0.25) is 9.79 Å². The molecule has 0 aliphatic carbocycles. The second-order valence-corrected chi connectivity index (χ2v) is 9.97. The number of fused-ring (bicyclic) bond motifs is 1. The summed E-state index contributed by atoms with van der Waals surface area (Å²) in [4.78, 5) is 19.8. The van der Waals surface area contributed by atoms with Crippen molar-refractivity contribution in [3.63, 3.8) is 0 Å². The van der Waals surface area contributed by atoms with E-state index in [0.717, 1.165) is 17.2 Å². The fraction of sp³-hybridized carbons (Fsp3) is 0.370. The second-order valence-electron chi connectivity index (χ2n) is 8.87. The lowest BCUT2D eigenvalue weighted by Gasteiger charge is -2.34. The highest BCUT2D eigenvalue weighted by molar-refractivity contribution is 7.12. The Morgan fingerprint density at radius 3 is 2.74 bits per heavy atom. The molecule has 11 heteroatoms. The number of alkyl halides is 3. The first-order valence-electron chi connectivity index (χ1n) is 12.0. The number of allylic oxidation sites excluding steroid dienone is 2. The molecule has 3 rings (SSSR count). The maximum Gasteiger partial charge on any atom is 0.431 e. The quantitative estimate of drug-likeness (QED) is 0.289. The highest BCUT2D eigenvalue weighted by atomic mass is 32.1. The van der Waals surface area contributed by atoms with E-state index in [0.29, 0.717) is 16.0 Å². The molecule has 0 saturated heterocycles. The molecule has 0 bridgehead atoms. The molecule has 1 aliphatic heterocycles. The van der Waals surface area contributed by atoms with Crippen LogP contribution in [0.1, 0.15) is 51.8 Å². The zero-order chi connectivity index (χ0) is 28.2. The number of rotatable bonds is 7. The van der Waals surface area contributed by atoms with E-state index in [1.165, 1.54) is 29.5 Å². The topological polar surface area (TPSA) is 94.5 Å². The number of carbonyl (C=O) groups excluding carboxylic acids is 1. The van der Waals surface area contributed by atoms with Gasteiger partial charge in [0, 0.05) is 53.4 Å². The number of nitrogens with two attached hydrogens (primary N) is 1. The monoisotopic (exact) mass is 547 g/mol. The average Bonchev–Trinajstić information content (AvgIpc) is 3.21. The number of thiophene rings is 1. The van der Waals surface area contributed by atoms with E-state index in [4.69, 9.17) is 5.73 Å². The molecular formula is C27H29F4N5OS. The van der Waals surface area contributed by atoms with Crippen LogP contribution in [0.2, 0.25) is 0 Å². The van der Waals surface area contributed by atoms with Crippen LogP contribution in [0.4, 0.5) is 17.6 Å². The average molecular weight is 548 g/mol. The largest absolute Gasteiger partial charge is 0.431 e. The summed E-state index contributed by atoms with van der Waals surface area (Å²) in [6.45, 7) is 5.74. The maximum atomic E-state index is 15.4. The van der Waals surface area contributed by atoms with Gasteiger partial charge in [-0.25, -0.2) is 4.39 Å². The van der Waals surface area contributed by atoms with Crippen LogP contribution in [0.5, 0.6) is 0 Å². The Labute approximate surface area is 223 Å². The summed E-state index contributed by atoms with van der Waals surface area (Å²) in [5.41, 5.74) is 4.76. The lowest BCUT2D eigenvalue weighted by Crippen LogP contribution is -2.38. The van der Waals surface area contributed by atoms with Crippen molar-refractivity contribution in [2.24, 2.45) is 10.7 Å². The Bertz CT molecular complexity index is 1340. The van der Waals surface area contributed by atoms with Crippen LogP contribution in [0.25, 0.3) is 5.57 Å². The number of hydrogen-bond acceptors (Lipinski definition) is 6. The van der Waals surface area contributed by atoms with E-state index in [2.05, 4.69) is 16.4 Å². The molecule has 0 fully saturated rings. The van der Waals surface area contributed by atoms with Gasteiger partial charge in [-0.05, 0) is 50.6 Å². The van der Waals surface area contributed by atoms with Crippen molar-refractivity contribution in [2.45, 2.75) is 45.5 Å². The van der Waals surface area contributed by atoms with Gasteiger partial charge in [0.25, 0.3) is 0 Å². The summed E-state index contributed by atoms with van der Waals surface area (Å²) in [5.74, 6) is -1.90. The van der Waals surface area contributed by atoms with Gasteiger partial charge in [0.15, 0.2) is 0 Å². The predicted octanol–water partition coefficient (Wildman–Crippen LogP) is 5.03. The maximum absolute atomic E-state index is 15.4. The van der Waals surface area contributed by atoms with Crippen LogP contribution >= 0.6 is 11.3 Å². The van der Waals surface area contributed by atoms with E-state index in [-0.39, 0.29) is 42.7 Å². The standard InChI is InChI=1S/C27H29F4N5OS/c1-5-35-12-18(26(33)27(29,30)31)25-17(7-6-8-20(25)28)19-13-36(23(37)10-9-15(2)34-4)14-22-24(19)16(3)21(11-32)38-22/h6-10,12,15,19,34H,5,13-14,33H2,1-4H3/b10-9+,26-18+,35-12?/t15-,19+/m1/s1. The molecule has 38 heavy (non-hydrogen) atoms. The van der Waals surface area contributed by atoms with E-state index >= 15 is 4.39 Å². The molecule has 3 N–H and O–H groups in total. The van der Waals surface area contributed by atoms with Gasteiger partial charge in [-0.15, -0.1) is 11.3 Å². The number of nitrogens with zero attached hydrogens (tertiary/aromatic N) is 3. The molecular weight excluding hydrogens is 518 g/mol. The van der Waals surface area contributed by atoms with Crippen LogP contribution in [0.3, 0.4) is 0 Å². The Balaban J connectivity index is 2.27. The third-order valence-corrected chi connectivity index (χ3v) is 7.64. The predicted molar refractivity (Wildman–Crippen MR) is 141 cm³/mol. The van der Waals surface area contributed by atoms with E-state index < -0.39 is 29.2 Å². The minimum Gasteiger partial charge on any atom is -0.394 e. The number of amides is 1. The van der Waals surface area contributed by atoms with Crippen molar-refractivity contribution >= 4 is 29.0 Å². The first kappa shape index (κ1) is 29.1. The van der Waals surface area contributed by atoms with Crippen LogP contribution < -0.4 is 11.1 Å². The van der Waals surface area contributed by atoms with Crippen LogP contribution in [0, 0.1) is 24.1 Å². The third kappa shape index (κ3) is 5.97. The first-order valence-corrected chi connectivity index (χ1v) is 12.8. The minimum absolute atomic E-state index is 0.0602. The number of nitriles is 1. The molecule has 0 spiro atoms. The number of carbonyl (C=O) groups is 1. The van der Waals surface area contributed by atoms with Crippen LogP contribution in [-0.2, 0) is 11.3 Å².